The molecule has 0 aliphatic heterocycles. The molecule has 0 aliphatic carbocycles. The summed E-state index contributed by atoms with van der Waals surface area (Å²) in [6.07, 6.45) is 0. The first-order valence-electron chi connectivity index (χ1n) is 5.78. The fraction of sp³-hybridized carbons (Fsp3) is 0. The number of hydrogen-bond donors (Lipinski definition) is 2. The monoisotopic (exact) mass is 328 g/mol. The van der Waals surface area contributed by atoms with Crippen LogP contribution in [0.2, 0.25) is 0 Å². The second-order valence-electron chi connectivity index (χ2n) is 4.17. The van der Waals surface area contributed by atoms with Crippen molar-refractivity contribution in [1.29, 1.82) is 5.26 Å². The molecule has 0 atom stereocenters. The Balaban J connectivity index is 1.99. The van der Waals surface area contributed by atoms with Crippen molar-refractivity contribution in [1.82, 2.24) is 4.98 Å². The molecule has 0 saturated carbocycles. The van der Waals surface area contributed by atoms with Gasteiger partial charge in [0.1, 0.15) is 11.6 Å². The standard InChI is InChI=1S/C14H9BrN4O/c15-9-1-3-11(8(5-9)7-16)18-14-19-12-4-2-10(17)6-13(12)20-14/h1-6H,17H2,(H,18,19). The lowest BCUT2D eigenvalue weighted by Gasteiger charge is -2.03. The van der Waals surface area contributed by atoms with Gasteiger partial charge in [-0.05, 0) is 30.3 Å². The van der Waals surface area contributed by atoms with E-state index in [2.05, 4.69) is 32.3 Å². The Morgan fingerprint density at radius 2 is 2.10 bits per heavy atom. The highest BCUT2D eigenvalue weighted by molar-refractivity contribution is 9.10. The summed E-state index contributed by atoms with van der Waals surface area (Å²) in [6, 6.07) is 13.0. The number of oxazole rings is 1. The summed E-state index contributed by atoms with van der Waals surface area (Å²) in [5, 5.41) is 12.1. The number of halogens is 1. The van der Waals surface area contributed by atoms with Crippen molar-refractivity contribution in [3.05, 3.63) is 46.4 Å². The second kappa shape index (κ2) is 4.87. The molecule has 0 aliphatic rings. The van der Waals surface area contributed by atoms with Gasteiger partial charge < -0.3 is 15.5 Å². The molecule has 0 unspecified atom stereocenters. The van der Waals surface area contributed by atoms with Crippen LogP contribution >= 0.6 is 15.9 Å². The van der Waals surface area contributed by atoms with E-state index < -0.39 is 0 Å². The summed E-state index contributed by atoms with van der Waals surface area (Å²) in [7, 11) is 0. The van der Waals surface area contributed by atoms with E-state index in [-0.39, 0.29) is 0 Å². The summed E-state index contributed by atoms with van der Waals surface area (Å²) in [5.74, 6) is 0. The third-order valence-corrected chi connectivity index (χ3v) is 3.25. The largest absolute Gasteiger partial charge is 0.423 e. The zero-order valence-electron chi connectivity index (χ0n) is 10.2. The van der Waals surface area contributed by atoms with Crippen LogP contribution in [-0.4, -0.2) is 4.98 Å². The third kappa shape index (κ3) is 2.31. The van der Waals surface area contributed by atoms with Crippen LogP contribution in [0.3, 0.4) is 0 Å². The fourth-order valence-electron chi connectivity index (χ4n) is 1.83. The number of nitrogens with one attached hydrogen (secondary N) is 1. The Kier molecular flexibility index (Phi) is 3.05. The van der Waals surface area contributed by atoms with Crippen molar-refractivity contribution in [2.45, 2.75) is 0 Å². The average Bonchev–Trinajstić information content (AvgIpc) is 2.82. The maximum atomic E-state index is 9.12. The minimum atomic E-state index is 0.324. The average molecular weight is 329 g/mol. The Morgan fingerprint density at radius 1 is 1.25 bits per heavy atom. The predicted octanol–water partition coefficient (Wildman–Crippen LogP) is 3.79. The van der Waals surface area contributed by atoms with Crippen molar-refractivity contribution in [3.63, 3.8) is 0 Å². The highest BCUT2D eigenvalue weighted by atomic mass is 79.9. The highest BCUT2D eigenvalue weighted by Gasteiger charge is 2.09. The van der Waals surface area contributed by atoms with Crippen molar-refractivity contribution >= 4 is 44.4 Å². The van der Waals surface area contributed by atoms with Gasteiger partial charge in [-0.25, -0.2) is 0 Å². The number of anilines is 3. The van der Waals surface area contributed by atoms with Crippen LogP contribution in [0.25, 0.3) is 11.1 Å². The smallest absolute Gasteiger partial charge is 0.300 e. The van der Waals surface area contributed by atoms with Gasteiger partial charge in [-0.3, -0.25) is 0 Å². The van der Waals surface area contributed by atoms with Gasteiger partial charge in [0.2, 0.25) is 0 Å². The molecule has 20 heavy (non-hydrogen) atoms. The number of nitriles is 1. The molecule has 1 heterocycles. The first-order valence-corrected chi connectivity index (χ1v) is 6.58. The third-order valence-electron chi connectivity index (χ3n) is 2.76. The zero-order chi connectivity index (χ0) is 14.1. The Bertz CT molecular complexity index is 835. The van der Waals surface area contributed by atoms with Gasteiger partial charge >= 0.3 is 0 Å². The van der Waals surface area contributed by atoms with Crippen molar-refractivity contribution in [3.8, 4) is 6.07 Å². The number of hydrogen-bond acceptors (Lipinski definition) is 5. The minimum absolute atomic E-state index is 0.324. The number of nitrogens with zero attached hydrogens (tertiary/aromatic N) is 2. The van der Waals surface area contributed by atoms with Crippen LogP contribution in [-0.2, 0) is 0 Å². The molecule has 6 heteroatoms. The molecule has 0 radical (unpaired) electrons. The van der Waals surface area contributed by atoms with E-state index in [1.165, 1.54) is 0 Å². The number of nitrogen functional groups attached to an aromatic ring is 1. The summed E-state index contributed by atoms with van der Waals surface area (Å²) in [6.45, 7) is 0. The number of benzene rings is 2. The number of rotatable bonds is 2. The molecule has 0 fully saturated rings. The molecule has 0 bridgehead atoms. The quantitative estimate of drug-likeness (QED) is 0.699. The lowest BCUT2D eigenvalue weighted by atomic mass is 10.2. The fourth-order valence-corrected chi connectivity index (χ4v) is 2.19. The second-order valence-corrected chi connectivity index (χ2v) is 5.09. The molecule has 5 nitrogen and oxygen atoms in total. The van der Waals surface area contributed by atoms with E-state index in [4.69, 9.17) is 15.4 Å². The van der Waals surface area contributed by atoms with Gasteiger partial charge in [-0.2, -0.15) is 10.2 Å². The Labute approximate surface area is 123 Å². The molecule has 98 valence electrons. The summed E-state index contributed by atoms with van der Waals surface area (Å²) in [4.78, 5) is 4.29. The minimum Gasteiger partial charge on any atom is -0.423 e. The molecule has 2 aromatic carbocycles. The van der Waals surface area contributed by atoms with Crippen molar-refractivity contribution in [2.24, 2.45) is 0 Å². The number of nitrogens with two attached hydrogens (primary N) is 1. The van der Waals surface area contributed by atoms with E-state index in [0.29, 0.717) is 34.1 Å². The molecule has 3 N–H and O–H groups in total. The Hall–Kier alpha value is -2.52. The van der Waals surface area contributed by atoms with E-state index in [1.807, 2.05) is 6.07 Å². The molecule has 0 amide bonds. The molecular formula is C14H9BrN4O. The molecule has 3 aromatic rings. The van der Waals surface area contributed by atoms with Gasteiger partial charge in [0.15, 0.2) is 5.58 Å². The van der Waals surface area contributed by atoms with Gasteiger partial charge in [0, 0.05) is 16.2 Å². The van der Waals surface area contributed by atoms with Crippen LogP contribution in [0.5, 0.6) is 0 Å². The lowest BCUT2D eigenvalue weighted by Crippen LogP contribution is -1.93. The molecule has 3 rings (SSSR count). The van der Waals surface area contributed by atoms with Crippen LogP contribution in [0.1, 0.15) is 5.56 Å². The Morgan fingerprint density at radius 3 is 2.90 bits per heavy atom. The van der Waals surface area contributed by atoms with Gasteiger partial charge in [-0.1, -0.05) is 15.9 Å². The van der Waals surface area contributed by atoms with Crippen molar-refractivity contribution in [2.75, 3.05) is 11.1 Å². The van der Waals surface area contributed by atoms with Crippen LogP contribution < -0.4 is 11.1 Å². The zero-order valence-corrected chi connectivity index (χ0v) is 11.8. The van der Waals surface area contributed by atoms with E-state index in [1.54, 1.807) is 30.3 Å². The summed E-state index contributed by atoms with van der Waals surface area (Å²) >= 11 is 3.33. The first kappa shape index (κ1) is 12.5. The van der Waals surface area contributed by atoms with Gasteiger partial charge in [0.05, 0.1) is 11.3 Å². The van der Waals surface area contributed by atoms with Crippen LogP contribution in [0.4, 0.5) is 17.4 Å². The molecule has 0 spiro atoms. The van der Waals surface area contributed by atoms with Gasteiger partial charge in [-0.15, -0.1) is 0 Å². The van der Waals surface area contributed by atoms with Crippen molar-refractivity contribution < 1.29 is 4.42 Å². The molecule has 1 aromatic heterocycles. The van der Waals surface area contributed by atoms with Gasteiger partial charge in [0.25, 0.3) is 6.01 Å². The lowest BCUT2D eigenvalue weighted by molar-refractivity contribution is 0.623. The summed E-state index contributed by atoms with van der Waals surface area (Å²) in [5.41, 5.74) is 8.75. The van der Waals surface area contributed by atoms with E-state index in [9.17, 15) is 0 Å². The predicted molar refractivity (Wildman–Crippen MR) is 80.6 cm³/mol. The number of aromatic nitrogens is 1. The van der Waals surface area contributed by atoms with Crippen LogP contribution in [0.15, 0.2) is 45.3 Å². The first-order chi connectivity index (χ1) is 9.65. The van der Waals surface area contributed by atoms with E-state index >= 15 is 0 Å². The molecule has 0 saturated heterocycles. The SMILES string of the molecule is N#Cc1cc(Br)ccc1Nc1nc2ccc(N)cc2o1. The highest BCUT2D eigenvalue weighted by Crippen LogP contribution is 2.26. The maximum absolute atomic E-state index is 9.12. The normalized spacial score (nSPS) is 10.4. The van der Waals surface area contributed by atoms with E-state index in [0.717, 1.165) is 4.47 Å². The molecular weight excluding hydrogens is 320 g/mol. The summed E-state index contributed by atoms with van der Waals surface area (Å²) < 4.78 is 6.40. The van der Waals surface area contributed by atoms with Crippen LogP contribution in [0, 0.1) is 11.3 Å². The number of fused-ring (bicyclic) bond motifs is 1. The topological polar surface area (TPSA) is 87.9 Å². The maximum Gasteiger partial charge on any atom is 0.300 e.